The van der Waals surface area contributed by atoms with E-state index in [2.05, 4.69) is 6.92 Å². The van der Waals surface area contributed by atoms with Crippen LogP contribution in [0.1, 0.15) is 80.9 Å². The fourth-order valence-corrected chi connectivity index (χ4v) is 3.73. The van der Waals surface area contributed by atoms with Crippen LogP contribution in [0.3, 0.4) is 0 Å². The lowest BCUT2D eigenvalue weighted by Crippen LogP contribution is -2.36. The summed E-state index contributed by atoms with van der Waals surface area (Å²) in [5.41, 5.74) is 0.416. The number of rotatable bonds is 6. The van der Waals surface area contributed by atoms with Crippen LogP contribution in [-0.4, -0.2) is 20.9 Å². The second-order valence-electron chi connectivity index (χ2n) is 7.52. The van der Waals surface area contributed by atoms with E-state index in [4.69, 9.17) is 4.11 Å². The number of allylic oxidation sites excluding steroid dienone is 2. The molecule has 1 aromatic rings. The Morgan fingerprint density at radius 2 is 1.88 bits per heavy atom. The van der Waals surface area contributed by atoms with E-state index in [-0.39, 0.29) is 17.4 Å². The number of phenolic OH excluding ortho intramolecular Hbond substituents is 2. The fraction of sp³-hybridized carbons (Fsp3) is 0.619. The van der Waals surface area contributed by atoms with Crippen molar-refractivity contribution in [3.05, 3.63) is 34.9 Å². The van der Waals surface area contributed by atoms with Gasteiger partial charge < -0.3 is 15.3 Å². The molecule has 0 amide bonds. The first-order valence-corrected chi connectivity index (χ1v) is 8.93. The van der Waals surface area contributed by atoms with Crippen molar-refractivity contribution in [3.63, 3.8) is 0 Å². The molecule has 1 aliphatic rings. The summed E-state index contributed by atoms with van der Waals surface area (Å²) in [5.74, 6) is -0.933. The molecule has 24 heavy (non-hydrogen) atoms. The van der Waals surface area contributed by atoms with E-state index < -0.39 is 18.4 Å². The van der Waals surface area contributed by atoms with Gasteiger partial charge in [-0.15, -0.1) is 0 Å². The van der Waals surface area contributed by atoms with Crippen molar-refractivity contribution >= 4 is 0 Å². The van der Waals surface area contributed by atoms with Crippen LogP contribution in [0.25, 0.3) is 0 Å². The van der Waals surface area contributed by atoms with Gasteiger partial charge in [-0.25, -0.2) is 0 Å². The van der Waals surface area contributed by atoms with Crippen LogP contribution in [0.5, 0.6) is 11.5 Å². The van der Waals surface area contributed by atoms with Gasteiger partial charge in [0.25, 0.3) is 0 Å². The van der Waals surface area contributed by atoms with E-state index in [0.29, 0.717) is 24.0 Å². The predicted octanol–water partition coefficient (Wildman–Crippen LogP) is 5.04. The molecule has 3 heteroatoms. The molecule has 0 radical (unpaired) electrons. The topological polar surface area (TPSA) is 60.7 Å². The summed E-state index contributed by atoms with van der Waals surface area (Å²) >= 11 is 0. The summed E-state index contributed by atoms with van der Waals surface area (Å²) in [6.07, 6.45) is 6.39. The molecule has 0 bridgehead atoms. The number of phenols is 2. The lowest BCUT2D eigenvalue weighted by atomic mass is 9.69. The molecule has 0 aromatic heterocycles. The first kappa shape index (κ1) is 14.8. The minimum absolute atomic E-state index is 0.0382. The minimum atomic E-state index is -2.21. The highest BCUT2D eigenvalue weighted by Crippen LogP contribution is 2.47. The normalized spacial score (nSPS) is 24.0. The van der Waals surface area contributed by atoms with Crippen molar-refractivity contribution in [2.75, 3.05) is 0 Å². The maximum atomic E-state index is 10.6. The maximum Gasteiger partial charge on any atom is 0.123 e. The van der Waals surface area contributed by atoms with Gasteiger partial charge in [0, 0.05) is 15.6 Å². The van der Waals surface area contributed by atoms with Gasteiger partial charge in [-0.3, -0.25) is 0 Å². The van der Waals surface area contributed by atoms with Crippen molar-refractivity contribution in [2.24, 2.45) is 5.92 Å². The molecule has 2 unspecified atom stereocenters. The first-order valence-electron chi connectivity index (χ1n) is 10.4. The Balaban J connectivity index is 2.46. The number of unbranched alkanes of at least 4 members (excludes halogenated alkanes) is 2. The Kier molecular flexibility index (Phi) is 4.70. The first-order chi connectivity index (χ1) is 12.4. The summed E-state index contributed by atoms with van der Waals surface area (Å²) in [7, 11) is 0. The van der Waals surface area contributed by atoms with Crippen LogP contribution in [-0.2, 0) is 6.42 Å². The van der Waals surface area contributed by atoms with E-state index >= 15 is 0 Å². The van der Waals surface area contributed by atoms with Gasteiger partial charge in [-0.2, -0.15) is 0 Å². The molecular formula is C21H32O3. The van der Waals surface area contributed by atoms with Crippen molar-refractivity contribution in [1.29, 1.82) is 0 Å². The third-order valence-corrected chi connectivity index (χ3v) is 5.04. The average Bonchev–Trinajstić information content (AvgIpc) is 2.52. The van der Waals surface area contributed by atoms with Crippen LogP contribution in [0, 0.1) is 5.92 Å². The van der Waals surface area contributed by atoms with Crippen LogP contribution in [0.2, 0.25) is 0 Å². The number of hydrogen-bond acceptors (Lipinski definition) is 3. The van der Waals surface area contributed by atoms with Gasteiger partial charge in [0.1, 0.15) is 11.5 Å². The minimum Gasteiger partial charge on any atom is -0.507 e. The fourth-order valence-electron chi connectivity index (χ4n) is 3.73. The highest BCUT2D eigenvalue weighted by Gasteiger charge is 2.38. The van der Waals surface area contributed by atoms with Crippen LogP contribution >= 0.6 is 0 Å². The standard InChI is InChI=1S/C21H32O3/c1-5-6-7-8-15-12-18(22)20(19(23)13-15)16-11-14(2)9-10-17(16)21(3,4)24/h11-13,16-17,22-24H,5-10H2,1-4H3/i2D3. The zero-order chi connectivity index (χ0) is 20.4. The summed E-state index contributed by atoms with van der Waals surface area (Å²) in [6.45, 7) is 3.28. The van der Waals surface area contributed by atoms with Crippen molar-refractivity contribution in [3.8, 4) is 11.5 Å². The van der Waals surface area contributed by atoms with E-state index in [1.165, 1.54) is 0 Å². The van der Waals surface area contributed by atoms with Crippen molar-refractivity contribution in [1.82, 2.24) is 0 Å². The van der Waals surface area contributed by atoms with Gasteiger partial charge in [-0.05, 0) is 70.0 Å². The molecule has 2 atom stereocenters. The Labute approximate surface area is 150 Å². The van der Waals surface area contributed by atoms with E-state index in [1.54, 1.807) is 32.1 Å². The molecule has 0 aliphatic heterocycles. The van der Waals surface area contributed by atoms with Crippen molar-refractivity contribution < 1.29 is 19.4 Å². The smallest absolute Gasteiger partial charge is 0.123 e. The molecule has 134 valence electrons. The molecule has 0 saturated heterocycles. The summed E-state index contributed by atoms with van der Waals surface area (Å²) in [4.78, 5) is 0. The van der Waals surface area contributed by atoms with E-state index in [9.17, 15) is 15.3 Å². The summed E-state index contributed by atoms with van der Waals surface area (Å²) in [6, 6.07) is 3.31. The predicted molar refractivity (Wildman–Crippen MR) is 98.5 cm³/mol. The Bertz CT molecular complexity index is 664. The molecule has 0 saturated carbocycles. The highest BCUT2D eigenvalue weighted by molar-refractivity contribution is 5.51. The third kappa shape index (κ3) is 4.32. The second kappa shape index (κ2) is 7.60. The van der Waals surface area contributed by atoms with Gasteiger partial charge in [0.15, 0.2) is 0 Å². The monoisotopic (exact) mass is 335 g/mol. The third-order valence-electron chi connectivity index (χ3n) is 5.04. The van der Waals surface area contributed by atoms with Gasteiger partial charge in [0.2, 0.25) is 0 Å². The number of aryl methyl sites for hydroxylation is 1. The molecule has 3 N–H and O–H groups in total. The number of aromatic hydroxyl groups is 2. The molecule has 3 nitrogen and oxygen atoms in total. The van der Waals surface area contributed by atoms with Crippen LogP contribution in [0.15, 0.2) is 23.8 Å². The molecule has 0 spiro atoms. The molecule has 0 heterocycles. The Morgan fingerprint density at radius 1 is 1.21 bits per heavy atom. The lowest BCUT2D eigenvalue weighted by molar-refractivity contribution is 0.00421. The number of hydrogen-bond donors (Lipinski definition) is 3. The van der Waals surface area contributed by atoms with Crippen LogP contribution in [0.4, 0.5) is 0 Å². The molecule has 0 fully saturated rings. The summed E-state index contributed by atoms with van der Waals surface area (Å²) in [5, 5.41) is 31.9. The molecular weight excluding hydrogens is 300 g/mol. The maximum absolute atomic E-state index is 10.6. The summed E-state index contributed by atoms with van der Waals surface area (Å²) < 4.78 is 23.1. The largest absolute Gasteiger partial charge is 0.507 e. The van der Waals surface area contributed by atoms with Crippen molar-refractivity contribution in [2.45, 2.75) is 77.7 Å². The second-order valence-corrected chi connectivity index (χ2v) is 7.52. The average molecular weight is 336 g/mol. The molecule has 1 aromatic carbocycles. The molecule has 1 aliphatic carbocycles. The number of benzene rings is 1. The molecule has 2 rings (SSSR count). The van der Waals surface area contributed by atoms with Crippen LogP contribution < -0.4 is 0 Å². The zero-order valence-electron chi connectivity index (χ0n) is 18.0. The van der Waals surface area contributed by atoms with Gasteiger partial charge in [0.05, 0.1) is 5.60 Å². The SMILES string of the molecule is [2H]C([2H])([2H])C1=CC(c2c(O)cc(CCCCC)cc2O)C(C(C)(C)O)CC1. The lowest BCUT2D eigenvalue weighted by Gasteiger charge is -2.38. The van der Waals surface area contributed by atoms with Gasteiger partial charge >= 0.3 is 0 Å². The number of aliphatic hydroxyl groups is 1. The van der Waals surface area contributed by atoms with E-state index in [0.717, 1.165) is 31.2 Å². The Morgan fingerprint density at radius 3 is 2.42 bits per heavy atom. The highest BCUT2D eigenvalue weighted by atomic mass is 16.3. The zero-order valence-corrected chi connectivity index (χ0v) is 15.0. The Hall–Kier alpha value is -1.48. The quantitative estimate of drug-likeness (QED) is 0.504. The van der Waals surface area contributed by atoms with Gasteiger partial charge in [-0.1, -0.05) is 31.4 Å². The van der Waals surface area contributed by atoms with E-state index in [1.807, 2.05) is 0 Å².